The van der Waals surface area contributed by atoms with Crippen LogP contribution >= 0.6 is 0 Å². The Morgan fingerprint density at radius 2 is 1.67 bits per heavy atom. The number of methoxy groups -OCH3 is 3. The molecule has 2 N–H and O–H groups in total. The van der Waals surface area contributed by atoms with E-state index in [1.54, 1.807) is 43.5 Å². The highest BCUT2D eigenvalue weighted by atomic mass is 16.5. The second-order valence-electron chi connectivity index (χ2n) is 5.32. The van der Waals surface area contributed by atoms with Crippen molar-refractivity contribution in [3.8, 4) is 17.2 Å². The lowest BCUT2D eigenvalue weighted by Crippen LogP contribution is -2.34. The average Bonchev–Trinajstić information content (AvgIpc) is 2.71. The molecule has 8 nitrogen and oxygen atoms in total. The highest BCUT2D eigenvalue weighted by molar-refractivity contribution is 5.97. The predicted octanol–water partition coefficient (Wildman–Crippen LogP) is 1.59. The minimum atomic E-state index is -0.450. The number of nitrogens with zero attached hydrogens (tertiary/aromatic N) is 1. The van der Waals surface area contributed by atoms with Crippen LogP contribution in [0.5, 0.6) is 17.2 Å². The first-order valence-corrected chi connectivity index (χ1v) is 8.03. The molecular formula is C19H21N3O5. The summed E-state index contributed by atoms with van der Waals surface area (Å²) < 4.78 is 15.3. The molecular weight excluding hydrogens is 350 g/mol. The predicted molar refractivity (Wildman–Crippen MR) is 101 cm³/mol. The number of benzene rings is 2. The molecule has 0 spiro atoms. The molecule has 142 valence electrons. The second-order valence-corrected chi connectivity index (χ2v) is 5.32. The van der Waals surface area contributed by atoms with E-state index in [4.69, 9.17) is 14.2 Å². The number of nitrogens with one attached hydrogen (secondary N) is 2. The Labute approximate surface area is 157 Å². The summed E-state index contributed by atoms with van der Waals surface area (Å²) in [5.41, 5.74) is 3.49. The molecule has 2 amide bonds. The van der Waals surface area contributed by atoms with Crippen LogP contribution in [0.1, 0.15) is 15.9 Å². The molecule has 0 aliphatic carbocycles. The maximum atomic E-state index is 12.1. The molecule has 0 saturated carbocycles. The van der Waals surface area contributed by atoms with E-state index < -0.39 is 11.8 Å². The molecule has 0 saturated heterocycles. The summed E-state index contributed by atoms with van der Waals surface area (Å²) in [5, 5.41) is 6.36. The van der Waals surface area contributed by atoms with Gasteiger partial charge in [-0.25, -0.2) is 5.43 Å². The molecule has 0 fully saturated rings. The third-order valence-electron chi connectivity index (χ3n) is 3.57. The van der Waals surface area contributed by atoms with Crippen molar-refractivity contribution in [1.29, 1.82) is 0 Å². The highest BCUT2D eigenvalue weighted by Gasteiger charge is 2.11. The van der Waals surface area contributed by atoms with E-state index in [1.165, 1.54) is 26.5 Å². The van der Waals surface area contributed by atoms with Gasteiger partial charge in [-0.15, -0.1) is 0 Å². The smallest absolute Gasteiger partial charge is 0.259 e. The lowest BCUT2D eigenvalue weighted by Gasteiger charge is -2.09. The Hall–Kier alpha value is -3.55. The van der Waals surface area contributed by atoms with Gasteiger partial charge in [0.25, 0.3) is 11.8 Å². The van der Waals surface area contributed by atoms with Gasteiger partial charge in [0.05, 0.1) is 34.1 Å². The number of ether oxygens (including phenoxy) is 3. The second kappa shape index (κ2) is 9.81. The Balaban J connectivity index is 1.83. The molecule has 0 heterocycles. The van der Waals surface area contributed by atoms with Crippen LogP contribution in [0, 0.1) is 0 Å². The maximum absolute atomic E-state index is 12.1. The number of hydrazone groups is 1. The standard InChI is InChI=1S/C19H21N3O5/c1-25-15-7-4-13(5-8-15)11-21-22-18(23)12-20-19(24)14-6-9-16(26-2)17(10-14)27-3/h4-11H,12H2,1-3H3,(H,20,24)(H,22,23)/b21-11-. The van der Waals surface area contributed by atoms with Crippen LogP contribution in [-0.2, 0) is 4.79 Å². The van der Waals surface area contributed by atoms with Crippen molar-refractivity contribution in [2.24, 2.45) is 5.10 Å². The normalized spacial score (nSPS) is 10.3. The molecule has 0 aliphatic rings. The summed E-state index contributed by atoms with van der Waals surface area (Å²) in [5.74, 6) is 0.811. The molecule has 2 aromatic rings. The molecule has 2 rings (SSSR count). The van der Waals surface area contributed by atoms with Crippen LogP contribution in [-0.4, -0.2) is 45.9 Å². The van der Waals surface area contributed by atoms with Crippen molar-refractivity contribution >= 4 is 18.0 Å². The first-order valence-electron chi connectivity index (χ1n) is 8.03. The molecule has 8 heteroatoms. The maximum Gasteiger partial charge on any atom is 0.259 e. The Bertz CT molecular complexity index is 819. The molecule has 0 atom stereocenters. The first-order chi connectivity index (χ1) is 13.1. The Kier molecular flexibility index (Phi) is 7.18. The van der Waals surface area contributed by atoms with Gasteiger partial charge in [-0.05, 0) is 48.0 Å². The fraction of sp³-hybridized carbons (Fsp3) is 0.211. The van der Waals surface area contributed by atoms with Crippen LogP contribution in [0.3, 0.4) is 0 Å². The van der Waals surface area contributed by atoms with Crippen molar-refractivity contribution in [3.05, 3.63) is 53.6 Å². The van der Waals surface area contributed by atoms with Crippen LogP contribution in [0.4, 0.5) is 0 Å². The Morgan fingerprint density at radius 1 is 0.963 bits per heavy atom. The average molecular weight is 371 g/mol. The molecule has 2 aromatic carbocycles. The van der Waals surface area contributed by atoms with Gasteiger partial charge in [-0.3, -0.25) is 9.59 Å². The number of carbonyl (C=O) groups is 2. The first kappa shape index (κ1) is 19.8. The number of hydrogen-bond acceptors (Lipinski definition) is 6. The molecule has 27 heavy (non-hydrogen) atoms. The van der Waals surface area contributed by atoms with Crippen molar-refractivity contribution in [2.75, 3.05) is 27.9 Å². The third-order valence-corrected chi connectivity index (χ3v) is 3.57. The minimum Gasteiger partial charge on any atom is -0.497 e. The van der Waals surface area contributed by atoms with Gasteiger partial charge in [0.1, 0.15) is 5.75 Å². The van der Waals surface area contributed by atoms with Gasteiger partial charge in [0.2, 0.25) is 0 Å². The van der Waals surface area contributed by atoms with Crippen LogP contribution < -0.4 is 25.0 Å². The zero-order valence-electron chi connectivity index (χ0n) is 15.3. The van der Waals surface area contributed by atoms with E-state index in [2.05, 4.69) is 15.8 Å². The van der Waals surface area contributed by atoms with Crippen molar-refractivity contribution < 1.29 is 23.8 Å². The monoisotopic (exact) mass is 371 g/mol. The van der Waals surface area contributed by atoms with Crippen molar-refractivity contribution in [2.45, 2.75) is 0 Å². The lowest BCUT2D eigenvalue weighted by molar-refractivity contribution is -0.120. The van der Waals surface area contributed by atoms with Gasteiger partial charge < -0.3 is 19.5 Å². The fourth-order valence-electron chi connectivity index (χ4n) is 2.15. The summed E-state index contributed by atoms with van der Waals surface area (Å²) in [7, 11) is 4.57. The number of rotatable bonds is 8. The van der Waals surface area contributed by atoms with E-state index >= 15 is 0 Å². The topological polar surface area (TPSA) is 98.2 Å². The van der Waals surface area contributed by atoms with Gasteiger partial charge in [0.15, 0.2) is 11.5 Å². The van der Waals surface area contributed by atoms with Gasteiger partial charge in [0, 0.05) is 5.56 Å². The number of carbonyl (C=O) groups excluding carboxylic acids is 2. The molecule has 0 bridgehead atoms. The van der Waals surface area contributed by atoms with Gasteiger partial charge in [-0.1, -0.05) is 0 Å². The van der Waals surface area contributed by atoms with Crippen LogP contribution in [0.15, 0.2) is 47.6 Å². The third kappa shape index (κ3) is 5.74. The quantitative estimate of drug-likeness (QED) is 0.542. The fourth-order valence-corrected chi connectivity index (χ4v) is 2.15. The minimum absolute atomic E-state index is 0.215. The molecule has 0 unspecified atom stereocenters. The van der Waals surface area contributed by atoms with E-state index in [-0.39, 0.29) is 6.54 Å². The number of hydrogen-bond donors (Lipinski definition) is 2. The SMILES string of the molecule is COc1ccc(/C=N\NC(=O)CNC(=O)c2ccc(OC)c(OC)c2)cc1. The van der Waals surface area contributed by atoms with E-state index in [0.29, 0.717) is 17.1 Å². The van der Waals surface area contributed by atoms with Gasteiger partial charge >= 0.3 is 0 Å². The highest BCUT2D eigenvalue weighted by Crippen LogP contribution is 2.27. The summed E-state index contributed by atoms with van der Waals surface area (Å²) >= 11 is 0. The summed E-state index contributed by atoms with van der Waals surface area (Å²) in [6.45, 7) is -0.215. The number of amides is 2. The van der Waals surface area contributed by atoms with Crippen molar-refractivity contribution in [1.82, 2.24) is 10.7 Å². The Morgan fingerprint density at radius 3 is 2.30 bits per heavy atom. The zero-order valence-corrected chi connectivity index (χ0v) is 15.3. The summed E-state index contributed by atoms with van der Waals surface area (Å²) in [6, 6.07) is 11.9. The van der Waals surface area contributed by atoms with Crippen LogP contribution in [0.25, 0.3) is 0 Å². The molecule has 0 aromatic heterocycles. The largest absolute Gasteiger partial charge is 0.497 e. The van der Waals surface area contributed by atoms with Gasteiger partial charge in [-0.2, -0.15) is 5.10 Å². The van der Waals surface area contributed by atoms with E-state index in [0.717, 1.165) is 11.3 Å². The van der Waals surface area contributed by atoms with E-state index in [9.17, 15) is 9.59 Å². The van der Waals surface area contributed by atoms with Crippen LogP contribution in [0.2, 0.25) is 0 Å². The van der Waals surface area contributed by atoms with Crippen molar-refractivity contribution in [3.63, 3.8) is 0 Å². The summed E-state index contributed by atoms with van der Waals surface area (Å²) in [6.07, 6.45) is 1.49. The van der Waals surface area contributed by atoms with E-state index in [1.807, 2.05) is 0 Å². The zero-order chi connectivity index (χ0) is 19.6. The molecule has 0 aliphatic heterocycles. The summed E-state index contributed by atoms with van der Waals surface area (Å²) in [4.78, 5) is 23.9. The molecule has 0 radical (unpaired) electrons. The lowest BCUT2D eigenvalue weighted by atomic mass is 10.2.